The maximum Gasteiger partial charge on any atom is 0.147 e. The zero-order chi connectivity index (χ0) is 17.9. The fourth-order valence-electron chi connectivity index (χ4n) is 3.18. The number of aromatic nitrogens is 2. The molecule has 2 heterocycles. The van der Waals surface area contributed by atoms with Gasteiger partial charge in [-0.1, -0.05) is 24.3 Å². The van der Waals surface area contributed by atoms with Gasteiger partial charge in [-0.25, -0.2) is 13.8 Å². The summed E-state index contributed by atoms with van der Waals surface area (Å²) >= 11 is 0. The van der Waals surface area contributed by atoms with E-state index in [2.05, 4.69) is 14.9 Å². The second-order valence-electron chi connectivity index (χ2n) is 6.20. The summed E-state index contributed by atoms with van der Waals surface area (Å²) in [6, 6.07) is 13.2. The number of hydrogen-bond acceptors (Lipinski definition) is 4. The van der Waals surface area contributed by atoms with Crippen LogP contribution in [0, 0.1) is 11.6 Å². The molecule has 1 fully saturated rings. The van der Waals surface area contributed by atoms with Crippen molar-refractivity contribution in [2.24, 2.45) is 0 Å². The van der Waals surface area contributed by atoms with Crippen LogP contribution in [0.3, 0.4) is 0 Å². The fraction of sp³-hybridized carbons (Fsp3) is 0.200. The van der Waals surface area contributed by atoms with Gasteiger partial charge >= 0.3 is 0 Å². The molecule has 132 valence electrons. The fourth-order valence-corrected chi connectivity index (χ4v) is 3.18. The molecule has 0 saturated carbocycles. The molecule has 1 aromatic heterocycles. The summed E-state index contributed by atoms with van der Waals surface area (Å²) in [7, 11) is 0. The topological polar surface area (TPSA) is 32.3 Å². The van der Waals surface area contributed by atoms with Gasteiger partial charge in [0.05, 0.1) is 23.8 Å². The molecule has 0 amide bonds. The standard InChI is InChI=1S/C20H18F2N4/c21-16-5-3-4-15(12-16)18-13-23-14-20(24-18)26-10-8-25(9-11-26)19-7-2-1-6-17(19)22/h1-7,12-14H,8-11H2. The van der Waals surface area contributed by atoms with Crippen LogP contribution in [0.2, 0.25) is 0 Å². The molecule has 4 nitrogen and oxygen atoms in total. The van der Waals surface area contributed by atoms with E-state index >= 15 is 0 Å². The molecular weight excluding hydrogens is 334 g/mol. The van der Waals surface area contributed by atoms with Crippen LogP contribution in [0.15, 0.2) is 60.9 Å². The number of hydrogen-bond donors (Lipinski definition) is 0. The van der Waals surface area contributed by atoms with Crippen LogP contribution < -0.4 is 9.80 Å². The minimum Gasteiger partial charge on any atom is -0.366 e. The molecule has 0 aliphatic carbocycles. The normalized spacial score (nSPS) is 14.5. The van der Waals surface area contributed by atoms with Gasteiger partial charge < -0.3 is 9.80 Å². The van der Waals surface area contributed by atoms with Gasteiger partial charge in [0.1, 0.15) is 17.5 Å². The highest BCUT2D eigenvalue weighted by atomic mass is 19.1. The first-order valence-electron chi connectivity index (χ1n) is 8.53. The first-order chi connectivity index (χ1) is 12.7. The van der Waals surface area contributed by atoms with Crippen molar-refractivity contribution in [3.8, 4) is 11.3 Å². The quantitative estimate of drug-likeness (QED) is 0.719. The second-order valence-corrected chi connectivity index (χ2v) is 6.20. The van der Waals surface area contributed by atoms with Crippen molar-refractivity contribution in [1.82, 2.24) is 9.97 Å². The molecule has 0 unspecified atom stereocenters. The molecule has 1 saturated heterocycles. The van der Waals surface area contributed by atoms with Crippen LogP contribution in [-0.4, -0.2) is 36.1 Å². The van der Waals surface area contributed by atoms with E-state index in [9.17, 15) is 8.78 Å². The Morgan fingerprint density at radius 3 is 2.35 bits per heavy atom. The molecular formula is C20H18F2N4. The van der Waals surface area contributed by atoms with E-state index < -0.39 is 0 Å². The Hall–Kier alpha value is -3.02. The molecule has 6 heteroatoms. The smallest absolute Gasteiger partial charge is 0.147 e. The predicted octanol–water partition coefficient (Wildman–Crippen LogP) is 3.75. The number of piperazine rings is 1. The van der Waals surface area contributed by atoms with Crippen molar-refractivity contribution < 1.29 is 8.78 Å². The van der Waals surface area contributed by atoms with E-state index in [1.54, 1.807) is 30.6 Å². The van der Waals surface area contributed by atoms with Crippen LogP contribution in [0.4, 0.5) is 20.3 Å². The van der Waals surface area contributed by atoms with E-state index in [1.165, 1.54) is 18.2 Å². The maximum atomic E-state index is 14.0. The van der Waals surface area contributed by atoms with Crippen molar-refractivity contribution in [2.75, 3.05) is 36.0 Å². The van der Waals surface area contributed by atoms with Gasteiger partial charge in [0.15, 0.2) is 0 Å². The number of nitrogens with zero attached hydrogens (tertiary/aromatic N) is 4. The van der Waals surface area contributed by atoms with Crippen molar-refractivity contribution in [3.05, 3.63) is 72.6 Å². The highest BCUT2D eigenvalue weighted by molar-refractivity contribution is 5.60. The van der Waals surface area contributed by atoms with Crippen molar-refractivity contribution >= 4 is 11.5 Å². The van der Waals surface area contributed by atoms with Gasteiger partial charge in [-0.3, -0.25) is 4.98 Å². The molecule has 4 rings (SSSR count). The van der Waals surface area contributed by atoms with E-state index in [4.69, 9.17) is 0 Å². The Morgan fingerprint density at radius 2 is 1.58 bits per heavy atom. The average molecular weight is 352 g/mol. The third-order valence-electron chi connectivity index (χ3n) is 4.54. The first-order valence-corrected chi connectivity index (χ1v) is 8.53. The van der Waals surface area contributed by atoms with Gasteiger partial charge in [-0.2, -0.15) is 0 Å². The van der Waals surface area contributed by atoms with Gasteiger partial charge in [0, 0.05) is 31.7 Å². The molecule has 1 aliphatic heterocycles. The lowest BCUT2D eigenvalue weighted by atomic mass is 10.1. The average Bonchev–Trinajstić information content (AvgIpc) is 2.69. The Morgan fingerprint density at radius 1 is 0.808 bits per heavy atom. The Labute approximate surface area is 150 Å². The molecule has 3 aromatic rings. The van der Waals surface area contributed by atoms with Crippen LogP contribution >= 0.6 is 0 Å². The largest absolute Gasteiger partial charge is 0.366 e. The summed E-state index contributed by atoms with van der Waals surface area (Å²) in [6.07, 6.45) is 3.34. The van der Waals surface area contributed by atoms with E-state index in [1.807, 2.05) is 17.0 Å². The Kier molecular flexibility index (Phi) is 4.48. The maximum absolute atomic E-state index is 14.0. The highest BCUT2D eigenvalue weighted by Crippen LogP contribution is 2.23. The number of anilines is 2. The van der Waals surface area contributed by atoms with Gasteiger partial charge in [-0.05, 0) is 24.3 Å². The third kappa shape index (κ3) is 3.35. The second kappa shape index (κ2) is 7.07. The van der Waals surface area contributed by atoms with Gasteiger partial charge in [0.25, 0.3) is 0 Å². The molecule has 0 atom stereocenters. The van der Waals surface area contributed by atoms with Crippen LogP contribution in [0.1, 0.15) is 0 Å². The summed E-state index contributed by atoms with van der Waals surface area (Å²) < 4.78 is 27.4. The van der Waals surface area contributed by atoms with Crippen LogP contribution in [0.5, 0.6) is 0 Å². The van der Waals surface area contributed by atoms with Gasteiger partial charge in [0.2, 0.25) is 0 Å². The Balaban J connectivity index is 1.50. The lowest BCUT2D eigenvalue weighted by Gasteiger charge is -2.36. The van der Waals surface area contributed by atoms with Crippen LogP contribution in [0.25, 0.3) is 11.3 Å². The van der Waals surface area contributed by atoms with Crippen molar-refractivity contribution in [3.63, 3.8) is 0 Å². The molecule has 0 radical (unpaired) electrons. The first kappa shape index (κ1) is 16.4. The summed E-state index contributed by atoms with van der Waals surface area (Å²) in [5.74, 6) is 0.252. The molecule has 2 aromatic carbocycles. The zero-order valence-electron chi connectivity index (χ0n) is 14.1. The molecule has 26 heavy (non-hydrogen) atoms. The number of halogens is 2. The van der Waals surface area contributed by atoms with Crippen molar-refractivity contribution in [1.29, 1.82) is 0 Å². The van der Waals surface area contributed by atoms with E-state index in [0.29, 0.717) is 30.0 Å². The Bertz CT molecular complexity index is 908. The number of para-hydroxylation sites is 1. The monoisotopic (exact) mass is 352 g/mol. The molecule has 0 bridgehead atoms. The minimum atomic E-state index is -0.298. The summed E-state index contributed by atoms with van der Waals surface area (Å²) in [4.78, 5) is 13.0. The van der Waals surface area contributed by atoms with Crippen LogP contribution in [-0.2, 0) is 0 Å². The van der Waals surface area contributed by atoms with E-state index in [0.717, 1.165) is 18.9 Å². The number of benzene rings is 2. The van der Waals surface area contributed by atoms with Crippen molar-refractivity contribution in [2.45, 2.75) is 0 Å². The summed E-state index contributed by atoms with van der Waals surface area (Å²) in [5.41, 5.74) is 1.97. The zero-order valence-corrected chi connectivity index (χ0v) is 14.1. The SMILES string of the molecule is Fc1cccc(-c2cncc(N3CCN(c4ccccc4F)CC3)n2)c1. The predicted molar refractivity (Wildman–Crippen MR) is 98.3 cm³/mol. The van der Waals surface area contributed by atoms with E-state index in [-0.39, 0.29) is 11.6 Å². The third-order valence-corrected chi connectivity index (χ3v) is 4.54. The lowest BCUT2D eigenvalue weighted by Crippen LogP contribution is -2.47. The number of rotatable bonds is 3. The molecule has 0 spiro atoms. The minimum absolute atomic E-state index is 0.200. The summed E-state index contributed by atoms with van der Waals surface area (Å²) in [5, 5.41) is 0. The summed E-state index contributed by atoms with van der Waals surface area (Å²) in [6.45, 7) is 2.84. The molecule has 1 aliphatic rings. The highest BCUT2D eigenvalue weighted by Gasteiger charge is 2.20. The lowest BCUT2D eigenvalue weighted by molar-refractivity contribution is 0.596. The molecule has 0 N–H and O–H groups in total. The van der Waals surface area contributed by atoms with Gasteiger partial charge in [-0.15, -0.1) is 0 Å².